The standard InChI is InChI=1S/C15H26N4O2/c1-3-21-14-4-7-17-15(18-14)19-9-5-13(6-10-19)12-16-8-11-20-2/h4,7,13,16H,3,5-6,8-12H2,1-2H3. The molecule has 1 aromatic rings. The second-order valence-corrected chi connectivity index (χ2v) is 5.26. The van der Waals surface area contributed by atoms with Crippen molar-refractivity contribution in [3.05, 3.63) is 12.3 Å². The number of hydrogen-bond acceptors (Lipinski definition) is 6. The minimum Gasteiger partial charge on any atom is -0.478 e. The van der Waals surface area contributed by atoms with Crippen molar-refractivity contribution in [3.63, 3.8) is 0 Å². The van der Waals surface area contributed by atoms with Crippen LogP contribution >= 0.6 is 0 Å². The molecule has 1 aliphatic heterocycles. The van der Waals surface area contributed by atoms with Crippen molar-refractivity contribution in [2.24, 2.45) is 5.92 Å². The summed E-state index contributed by atoms with van der Waals surface area (Å²) in [5.74, 6) is 2.17. The highest BCUT2D eigenvalue weighted by Gasteiger charge is 2.20. The van der Waals surface area contributed by atoms with Crippen LogP contribution < -0.4 is 15.0 Å². The fraction of sp³-hybridized carbons (Fsp3) is 0.733. The van der Waals surface area contributed by atoms with E-state index in [4.69, 9.17) is 9.47 Å². The summed E-state index contributed by atoms with van der Waals surface area (Å²) in [6, 6.07) is 1.81. The van der Waals surface area contributed by atoms with Crippen LogP contribution in [0.4, 0.5) is 5.95 Å². The van der Waals surface area contributed by atoms with Crippen LogP contribution in [0.5, 0.6) is 5.88 Å². The van der Waals surface area contributed by atoms with Gasteiger partial charge >= 0.3 is 0 Å². The van der Waals surface area contributed by atoms with Gasteiger partial charge in [-0.1, -0.05) is 0 Å². The third kappa shape index (κ3) is 5.13. The van der Waals surface area contributed by atoms with E-state index in [-0.39, 0.29) is 0 Å². The van der Waals surface area contributed by atoms with Gasteiger partial charge < -0.3 is 19.7 Å². The minimum atomic E-state index is 0.631. The van der Waals surface area contributed by atoms with Crippen molar-refractivity contribution in [2.45, 2.75) is 19.8 Å². The quantitative estimate of drug-likeness (QED) is 0.730. The summed E-state index contributed by atoms with van der Waals surface area (Å²) in [5.41, 5.74) is 0. The van der Waals surface area contributed by atoms with Gasteiger partial charge in [0.1, 0.15) is 0 Å². The van der Waals surface area contributed by atoms with Gasteiger partial charge in [0.25, 0.3) is 0 Å². The van der Waals surface area contributed by atoms with Crippen molar-refractivity contribution >= 4 is 5.95 Å². The lowest BCUT2D eigenvalue weighted by Gasteiger charge is -2.32. The van der Waals surface area contributed by atoms with Crippen molar-refractivity contribution < 1.29 is 9.47 Å². The number of ether oxygens (including phenoxy) is 2. The Bertz CT molecular complexity index is 408. The zero-order valence-electron chi connectivity index (χ0n) is 13.0. The number of anilines is 1. The van der Waals surface area contributed by atoms with Crippen LogP contribution in [-0.4, -0.2) is 56.5 Å². The molecule has 0 atom stereocenters. The largest absolute Gasteiger partial charge is 0.478 e. The van der Waals surface area contributed by atoms with E-state index in [1.165, 1.54) is 12.8 Å². The topological polar surface area (TPSA) is 59.5 Å². The number of nitrogens with zero attached hydrogens (tertiary/aromatic N) is 3. The van der Waals surface area contributed by atoms with E-state index in [1.54, 1.807) is 19.4 Å². The molecule has 118 valence electrons. The molecule has 6 nitrogen and oxygen atoms in total. The Hall–Kier alpha value is -1.40. The lowest BCUT2D eigenvalue weighted by Crippen LogP contribution is -2.38. The lowest BCUT2D eigenvalue weighted by molar-refractivity contribution is 0.196. The number of nitrogens with one attached hydrogen (secondary N) is 1. The van der Waals surface area contributed by atoms with Gasteiger partial charge in [-0.2, -0.15) is 4.98 Å². The zero-order chi connectivity index (χ0) is 14.9. The second-order valence-electron chi connectivity index (χ2n) is 5.26. The molecule has 1 saturated heterocycles. The van der Waals surface area contributed by atoms with Crippen LogP contribution in [0.15, 0.2) is 12.3 Å². The molecule has 6 heteroatoms. The summed E-state index contributed by atoms with van der Waals surface area (Å²) in [4.78, 5) is 11.1. The number of rotatable bonds is 8. The van der Waals surface area contributed by atoms with Crippen molar-refractivity contribution in [1.82, 2.24) is 15.3 Å². The van der Waals surface area contributed by atoms with Crippen LogP contribution in [0.25, 0.3) is 0 Å². The Labute approximate surface area is 126 Å². The number of piperidine rings is 1. The molecule has 0 bridgehead atoms. The van der Waals surface area contributed by atoms with Crippen LogP contribution in [-0.2, 0) is 4.74 Å². The Morgan fingerprint density at radius 1 is 1.38 bits per heavy atom. The Kier molecular flexibility index (Phi) is 6.69. The summed E-state index contributed by atoms with van der Waals surface area (Å²) in [6.07, 6.45) is 4.11. The van der Waals surface area contributed by atoms with Gasteiger partial charge in [-0.05, 0) is 32.2 Å². The van der Waals surface area contributed by atoms with Gasteiger partial charge in [-0.15, -0.1) is 0 Å². The SMILES string of the molecule is CCOc1ccnc(N2CCC(CNCCOC)CC2)n1. The normalized spacial score (nSPS) is 16.2. The van der Waals surface area contributed by atoms with E-state index in [2.05, 4.69) is 20.2 Å². The molecule has 0 spiro atoms. The molecule has 0 radical (unpaired) electrons. The van der Waals surface area contributed by atoms with Crippen molar-refractivity contribution in [1.29, 1.82) is 0 Å². The molecule has 21 heavy (non-hydrogen) atoms. The number of hydrogen-bond donors (Lipinski definition) is 1. The van der Waals surface area contributed by atoms with Gasteiger partial charge in [0.15, 0.2) is 0 Å². The maximum Gasteiger partial charge on any atom is 0.228 e. The average Bonchev–Trinajstić information content (AvgIpc) is 2.53. The van der Waals surface area contributed by atoms with Gasteiger partial charge in [0, 0.05) is 39.0 Å². The number of methoxy groups -OCH3 is 1. The summed E-state index contributed by atoms with van der Waals surface area (Å²) < 4.78 is 10.5. The second kappa shape index (κ2) is 8.79. The first-order valence-electron chi connectivity index (χ1n) is 7.74. The molecule has 0 saturated carbocycles. The fourth-order valence-corrected chi connectivity index (χ4v) is 2.53. The maximum absolute atomic E-state index is 5.43. The smallest absolute Gasteiger partial charge is 0.228 e. The average molecular weight is 294 g/mol. The molecule has 2 rings (SSSR count). The van der Waals surface area contributed by atoms with E-state index < -0.39 is 0 Å². The third-order valence-corrected chi connectivity index (χ3v) is 3.72. The lowest BCUT2D eigenvalue weighted by atomic mass is 9.97. The number of aromatic nitrogens is 2. The first-order chi connectivity index (χ1) is 10.3. The van der Waals surface area contributed by atoms with Crippen LogP contribution in [0, 0.1) is 5.92 Å². The van der Waals surface area contributed by atoms with Crippen LogP contribution in [0.3, 0.4) is 0 Å². The van der Waals surface area contributed by atoms with Crippen molar-refractivity contribution in [2.75, 3.05) is 51.4 Å². The zero-order valence-corrected chi connectivity index (χ0v) is 13.0. The molecule has 0 unspecified atom stereocenters. The molecular formula is C15H26N4O2. The Morgan fingerprint density at radius 2 is 2.19 bits per heavy atom. The summed E-state index contributed by atoms with van der Waals surface area (Å²) in [7, 11) is 1.73. The first-order valence-corrected chi connectivity index (χ1v) is 7.74. The molecule has 1 aromatic heterocycles. The fourth-order valence-electron chi connectivity index (χ4n) is 2.53. The molecular weight excluding hydrogens is 268 g/mol. The summed E-state index contributed by atoms with van der Waals surface area (Å²) in [5, 5.41) is 3.44. The third-order valence-electron chi connectivity index (χ3n) is 3.72. The molecule has 2 heterocycles. The predicted octanol–water partition coefficient (Wildman–Crippen LogP) is 1.33. The first kappa shape index (κ1) is 16.0. The molecule has 0 amide bonds. The predicted molar refractivity (Wildman–Crippen MR) is 82.9 cm³/mol. The van der Waals surface area contributed by atoms with Gasteiger partial charge in [-0.25, -0.2) is 4.98 Å². The van der Waals surface area contributed by atoms with Crippen molar-refractivity contribution in [3.8, 4) is 5.88 Å². The monoisotopic (exact) mass is 294 g/mol. The highest BCUT2D eigenvalue weighted by Crippen LogP contribution is 2.21. The molecule has 1 aliphatic rings. The van der Waals surface area contributed by atoms with E-state index in [1.807, 2.05) is 6.92 Å². The van der Waals surface area contributed by atoms with Gasteiger partial charge in [0.05, 0.1) is 13.2 Å². The molecule has 0 aromatic carbocycles. The van der Waals surface area contributed by atoms with Crippen LogP contribution in [0.2, 0.25) is 0 Å². The van der Waals surface area contributed by atoms with E-state index in [0.717, 1.165) is 44.7 Å². The summed E-state index contributed by atoms with van der Waals surface area (Å²) >= 11 is 0. The van der Waals surface area contributed by atoms with E-state index in [9.17, 15) is 0 Å². The Balaban J connectivity index is 1.76. The Morgan fingerprint density at radius 3 is 2.90 bits per heavy atom. The van der Waals surface area contributed by atoms with Gasteiger partial charge in [0.2, 0.25) is 11.8 Å². The van der Waals surface area contributed by atoms with Crippen LogP contribution in [0.1, 0.15) is 19.8 Å². The minimum absolute atomic E-state index is 0.631. The molecule has 1 N–H and O–H groups in total. The maximum atomic E-state index is 5.43. The molecule has 1 fully saturated rings. The van der Waals surface area contributed by atoms with Gasteiger partial charge in [-0.3, -0.25) is 0 Å². The highest BCUT2D eigenvalue weighted by atomic mass is 16.5. The molecule has 0 aliphatic carbocycles. The summed E-state index contributed by atoms with van der Waals surface area (Å²) in [6.45, 7) is 7.37. The van der Waals surface area contributed by atoms with E-state index >= 15 is 0 Å². The highest BCUT2D eigenvalue weighted by molar-refractivity contribution is 5.32. The van der Waals surface area contributed by atoms with E-state index in [0.29, 0.717) is 12.5 Å².